The highest BCUT2D eigenvalue weighted by molar-refractivity contribution is 5.77. The van der Waals surface area contributed by atoms with Crippen LogP contribution in [0.15, 0.2) is 59.4 Å². The van der Waals surface area contributed by atoms with Gasteiger partial charge in [-0.1, -0.05) is 41.6 Å². The molecular formula is C21H22N4O2. The Kier molecular flexibility index (Phi) is 5.23. The third-order valence-electron chi connectivity index (χ3n) is 4.95. The quantitative estimate of drug-likeness (QED) is 0.690. The molecule has 1 aliphatic rings. The number of hydrogen-bond acceptors (Lipinski definition) is 5. The highest BCUT2D eigenvalue weighted by atomic mass is 16.5. The molecule has 6 nitrogen and oxygen atoms in total. The van der Waals surface area contributed by atoms with Crippen LogP contribution in [0.1, 0.15) is 43.2 Å². The van der Waals surface area contributed by atoms with Crippen molar-refractivity contribution in [1.82, 2.24) is 20.0 Å². The fourth-order valence-corrected chi connectivity index (χ4v) is 3.57. The van der Waals surface area contributed by atoms with Gasteiger partial charge in [0.1, 0.15) is 0 Å². The molecule has 27 heavy (non-hydrogen) atoms. The Bertz CT molecular complexity index is 879. The fraction of sp³-hybridized carbons (Fsp3) is 0.333. The van der Waals surface area contributed by atoms with E-state index in [1.54, 1.807) is 6.20 Å². The van der Waals surface area contributed by atoms with Crippen LogP contribution in [-0.4, -0.2) is 32.5 Å². The van der Waals surface area contributed by atoms with Gasteiger partial charge in [0.25, 0.3) is 0 Å². The lowest BCUT2D eigenvalue weighted by molar-refractivity contribution is -0.135. The van der Waals surface area contributed by atoms with Crippen molar-refractivity contribution in [2.45, 2.75) is 38.1 Å². The number of rotatable bonds is 5. The van der Waals surface area contributed by atoms with Crippen LogP contribution < -0.4 is 0 Å². The Balaban J connectivity index is 1.40. The molecule has 138 valence electrons. The molecule has 1 aliphatic heterocycles. The monoisotopic (exact) mass is 362 g/mol. The number of likely N-dealkylation sites (tertiary alicyclic amines) is 1. The molecule has 0 aliphatic carbocycles. The van der Waals surface area contributed by atoms with Crippen LogP contribution in [0.5, 0.6) is 0 Å². The first-order valence-corrected chi connectivity index (χ1v) is 9.38. The van der Waals surface area contributed by atoms with Crippen molar-refractivity contribution < 1.29 is 9.32 Å². The van der Waals surface area contributed by atoms with Gasteiger partial charge in [0.2, 0.25) is 17.6 Å². The van der Waals surface area contributed by atoms with Crippen molar-refractivity contribution in [1.29, 1.82) is 0 Å². The predicted octanol–water partition coefficient (Wildman–Crippen LogP) is 3.82. The summed E-state index contributed by atoms with van der Waals surface area (Å²) in [6.45, 7) is 0.789. The highest BCUT2D eigenvalue weighted by Crippen LogP contribution is 2.31. The SMILES string of the molecule is O=C(CCc1nc(-c2ccccc2)no1)N1CCCC[C@@H]1c1cccnc1. The minimum absolute atomic E-state index is 0.113. The van der Waals surface area contributed by atoms with Crippen molar-refractivity contribution >= 4 is 5.91 Å². The van der Waals surface area contributed by atoms with Crippen LogP contribution in [0.25, 0.3) is 11.4 Å². The molecule has 1 aromatic carbocycles. The maximum atomic E-state index is 12.8. The van der Waals surface area contributed by atoms with Crippen molar-refractivity contribution in [3.63, 3.8) is 0 Å². The normalized spacial score (nSPS) is 17.0. The molecule has 6 heteroatoms. The molecule has 2 aromatic heterocycles. The molecule has 0 saturated carbocycles. The molecule has 1 atom stereocenters. The summed E-state index contributed by atoms with van der Waals surface area (Å²) in [6.07, 6.45) is 7.60. The zero-order valence-corrected chi connectivity index (χ0v) is 15.1. The number of nitrogens with zero attached hydrogens (tertiary/aromatic N) is 4. The third kappa shape index (κ3) is 4.05. The van der Waals surface area contributed by atoms with E-state index in [4.69, 9.17) is 4.52 Å². The summed E-state index contributed by atoms with van der Waals surface area (Å²) >= 11 is 0. The van der Waals surface area contributed by atoms with Gasteiger partial charge < -0.3 is 9.42 Å². The van der Waals surface area contributed by atoms with Gasteiger partial charge in [0.05, 0.1) is 6.04 Å². The van der Waals surface area contributed by atoms with Crippen LogP contribution in [0.3, 0.4) is 0 Å². The molecule has 0 radical (unpaired) electrons. The minimum atomic E-state index is 0.113. The van der Waals surface area contributed by atoms with Crippen LogP contribution in [0.4, 0.5) is 0 Å². The number of carbonyl (C=O) groups excluding carboxylic acids is 1. The second kappa shape index (κ2) is 8.12. The average Bonchev–Trinajstić information content (AvgIpc) is 3.22. The molecule has 3 heterocycles. The minimum Gasteiger partial charge on any atom is -0.339 e. The number of benzene rings is 1. The number of aromatic nitrogens is 3. The van der Waals surface area contributed by atoms with Gasteiger partial charge in [-0.3, -0.25) is 9.78 Å². The summed E-state index contributed by atoms with van der Waals surface area (Å²) in [5.41, 5.74) is 2.02. The van der Waals surface area contributed by atoms with E-state index in [9.17, 15) is 4.79 Å². The third-order valence-corrected chi connectivity index (χ3v) is 4.95. The van der Waals surface area contributed by atoms with E-state index in [2.05, 4.69) is 15.1 Å². The summed E-state index contributed by atoms with van der Waals surface area (Å²) in [7, 11) is 0. The summed E-state index contributed by atoms with van der Waals surface area (Å²) in [5, 5.41) is 4.02. The van der Waals surface area contributed by atoms with E-state index in [1.165, 1.54) is 0 Å². The Morgan fingerprint density at radius 3 is 2.85 bits per heavy atom. The van der Waals surface area contributed by atoms with Gasteiger partial charge in [-0.25, -0.2) is 0 Å². The lowest BCUT2D eigenvalue weighted by Crippen LogP contribution is -2.38. The van der Waals surface area contributed by atoms with Gasteiger partial charge >= 0.3 is 0 Å². The summed E-state index contributed by atoms with van der Waals surface area (Å²) in [4.78, 5) is 23.5. The first-order valence-electron chi connectivity index (χ1n) is 9.38. The Hall–Kier alpha value is -3.02. The summed E-state index contributed by atoms with van der Waals surface area (Å²) in [6, 6.07) is 13.8. The Morgan fingerprint density at radius 2 is 2.04 bits per heavy atom. The maximum Gasteiger partial charge on any atom is 0.227 e. The van der Waals surface area contributed by atoms with E-state index >= 15 is 0 Å². The zero-order chi connectivity index (χ0) is 18.5. The summed E-state index contributed by atoms with van der Waals surface area (Å²) < 4.78 is 5.33. The highest BCUT2D eigenvalue weighted by Gasteiger charge is 2.28. The van der Waals surface area contributed by atoms with E-state index in [0.717, 1.165) is 36.9 Å². The molecule has 3 aromatic rings. The number of carbonyl (C=O) groups is 1. The molecular weight excluding hydrogens is 340 g/mol. The molecule has 1 saturated heterocycles. The first-order chi connectivity index (χ1) is 13.3. The second-order valence-electron chi connectivity index (χ2n) is 6.76. The summed E-state index contributed by atoms with van der Waals surface area (Å²) in [5.74, 6) is 1.18. The number of pyridine rings is 1. The van der Waals surface area contributed by atoms with Crippen molar-refractivity contribution in [2.24, 2.45) is 0 Å². The van der Waals surface area contributed by atoms with Crippen LogP contribution >= 0.6 is 0 Å². The molecule has 1 fully saturated rings. The molecule has 0 spiro atoms. The number of aryl methyl sites for hydroxylation is 1. The van der Waals surface area contributed by atoms with Crippen molar-refractivity contribution in [2.75, 3.05) is 6.54 Å². The van der Waals surface area contributed by atoms with Gasteiger partial charge in [-0.05, 0) is 30.9 Å². The lowest BCUT2D eigenvalue weighted by Gasteiger charge is -2.36. The van der Waals surface area contributed by atoms with E-state index in [1.807, 2.05) is 53.6 Å². The first kappa shape index (κ1) is 17.4. The second-order valence-corrected chi connectivity index (χ2v) is 6.76. The van der Waals surface area contributed by atoms with Gasteiger partial charge in [-0.15, -0.1) is 0 Å². The number of amides is 1. The average molecular weight is 362 g/mol. The smallest absolute Gasteiger partial charge is 0.227 e. The maximum absolute atomic E-state index is 12.8. The zero-order valence-electron chi connectivity index (χ0n) is 15.1. The molecule has 4 rings (SSSR count). The van der Waals surface area contributed by atoms with Gasteiger partial charge in [-0.2, -0.15) is 4.98 Å². The van der Waals surface area contributed by atoms with Gasteiger partial charge in [0.15, 0.2) is 0 Å². The van der Waals surface area contributed by atoms with Crippen LogP contribution in [-0.2, 0) is 11.2 Å². The van der Waals surface area contributed by atoms with Gasteiger partial charge in [0, 0.05) is 37.3 Å². The van der Waals surface area contributed by atoms with Crippen molar-refractivity contribution in [3.05, 3.63) is 66.3 Å². The van der Waals surface area contributed by atoms with Crippen molar-refractivity contribution in [3.8, 4) is 11.4 Å². The predicted molar refractivity (Wildman–Crippen MR) is 101 cm³/mol. The number of hydrogen-bond donors (Lipinski definition) is 0. The van der Waals surface area contributed by atoms with Crippen LogP contribution in [0.2, 0.25) is 0 Å². The van der Waals surface area contributed by atoms with E-state index in [0.29, 0.717) is 24.6 Å². The van der Waals surface area contributed by atoms with Crippen LogP contribution in [0, 0.1) is 0 Å². The largest absolute Gasteiger partial charge is 0.339 e. The molecule has 1 amide bonds. The molecule has 0 bridgehead atoms. The standard InChI is InChI=1S/C21H22N4O2/c26-20(25-14-5-4-10-18(25)17-9-6-13-22-15-17)12-11-19-23-21(24-27-19)16-7-2-1-3-8-16/h1-3,6-9,13,15,18H,4-5,10-12,14H2/t18-/m1/s1. The van der Waals surface area contributed by atoms with E-state index < -0.39 is 0 Å². The Morgan fingerprint density at radius 1 is 1.15 bits per heavy atom. The molecule has 0 unspecified atom stereocenters. The fourth-order valence-electron chi connectivity index (χ4n) is 3.57. The number of piperidine rings is 1. The molecule has 0 N–H and O–H groups in total. The topological polar surface area (TPSA) is 72.1 Å². The lowest BCUT2D eigenvalue weighted by atomic mass is 9.96. The Labute approximate surface area is 158 Å². The van der Waals surface area contributed by atoms with E-state index in [-0.39, 0.29) is 11.9 Å².